The highest BCUT2D eigenvalue weighted by Gasteiger charge is 2.26. The van der Waals surface area contributed by atoms with Gasteiger partial charge in [0.15, 0.2) is 11.6 Å². The summed E-state index contributed by atoms with van der Waals surface area (Å²) in [7, 11) is 0. The van der Waals surface area contributed by atoms with Crippen molar-refractivity contribution in [1.82, 2.24) is 29.1 Å². The van der Waals surface area contributed by atoms with E-state index in [1.807, 2.05) is 28.7 Å². The van der Waals surface area contributed by atoms with Crippen LogP contribution >= 0.6 is 45.3 Å². The maximum absolute atomic E-state index is 5.33. The third-order valence-electron chi connectivity index (χ3n) is 20.5. The predicted octanol–water partition coefficient (Wildman–Crippen LogP) is 26.7. The fourth-order valence-electron chi connectivity index (χ4n) is 16.1. The van der Waals surface area contributed by atoms with Crippen LogP contribution in [0.5, 0.6) is 0 Å². The second kappa shape index (κ2) is 22.6. The molecule has 0 radical (unpaired) electrons. The lowest BCUT2D eigenvalue weighted by molar-refractivity contribution is 1.18. The first-order chi connectivity index (χ1) is 50.6. The quantitative estimate of drug-likeness (QED) is 0.166. The average Bonchev–Trinajstić information content (AvgIpc) is 1.54. The molecule has 474 valence electrons. The molecule has 15 aromatic carbocycles. The van der Waals surface area contributed by atoms with Gasteiger partial charge in [-0.05, 0) is 77.5 Å². The summed E-state index contributed by atoms with van der Waals surface area (Å²) in [6.07, 6.45) is 0. The minimum Gasteiger partial charge on any atom is -0.309 e. The van der Waals surface area contributed by atoms with Gasteiger partial charge in [0.1, 0.15) is 0 Å². The summed E-state index contributed by atoms with van der Waals surface area (Å²) in [6, 6.07) is 114. The Morgan fingerprint density at radius 2 is 0.627 bits per heavy atom. The first-order valence-electron chi connectivity index (χ1n) is 34.3. The Labute approximate surface area is 598 Å². The van der Waals surface area contributed by atoms with Gasteiger partial charge in [0.2, 0.25) is 0 Å². The fraction of sp³-hybridized carbons (Fsp3) is 0. The second-order valence-electron chi connectivity index (χ2n) is 26.2. The van der Waals surface area contributed by atoms with E-state index in [4.69, 9.17) is 19.9 Å². The maximum Gasteiger partial charge on any atom is 0.160 e. The molecule has 0 bridgehead atoms. The van der Waals surface area contributed by atoms with E-state index < -0.39 is 0 Å². The smallest absolute Gasteiger partial charge is 0.160 e. The lowest BCUT2D eigenvalue weighted by Gasteiger charge is -2.13. The van der Waals surface area contributed by atoms with Crippen LogP contribution in [0.25, 0.3) is 214 Å². The van der Waals surface area contributed by atoms with Crippen LogP contribution in [-0.2, 0) is 0 Å². The molecule has 0 saturated heterocycles. The van der Waals surface area contributed by atoms with Crippen molar-refractivity contribution in [2.45, 2.75) is 0 Å². The zero-order chi connectivity index (χ0) is 66.7. The molecular weight excluding hydrogens is 1320 g/mol. The third kappa shape index (κ3) is 8.68. The Morgan fingerprint density at radius 3 is 1.19 bits per heavy atom. The highest BCUT2D eigenvalue weighted by molar-refractivity contribution is 7.28. The molecule has 0 fully saturated rings. The van der Waals surface area contributed by atoms with Crippen LogP contribution in [0, 0.1) is 0 Å². The zero-order valence-electron chi connectivity index (χ0n) is 54.3. The van der Waals surface area contributed by atoms with Crippen molar-refractivity contribution < 1.29 is 0 Å². The Morgan fingerprint density at radius 1 is 0.225 bits per heavy atom. The summed E-state index contributed by atoms with van der Waals surface area (Å²) in [4.78, 5) is 21.0. The first kappa shape index (κ1) is 57.6. The average molecular weight is 1370 g/mol. The van der Waals surface area contributed by atoms with Gasteiger partial charge < -0.3 is 9.13 Å². The van der Waals surface area contributed by atoms with Crippen LogP contribution in [0.2, 0.25) is 0 Å². The summed E-state index contributed by atoms with van der Waals surface area (Å²) >= 11 is 7.34. The third-order valence-corrected chi connectivity index (χ3v) is 25.3. The summed E-state index contributed by atoms with van der Waals surface area (Å²) in [6.45, 7) is 0. The number of hydrogen-bond donors (Lipinski definition) is 0. The minimum absolute atomic E-state index is 0.742. The van der Waals surface area contributed by atoms with Gasteiger partial charge in [0.05, 0.1) is 53.9 Å². The topological polar surface area (TPSA) is 61.4 Å². The molecule has 23 rings (SSSR count). The number of fused-ring (bicyclic) bond motifs is 27. The van der Waals surface area contributed by atoms with Crippen LogP contribution < -0.4 is 0 Å². The molecule has 23 aromatic rings. The predicted molar refractivity (Wildman–Crippen MR) is 439 cm³/mol. The normalized spacial score (nSPS) is 12.1. The number of aromatic nitrogens is 6. The molecule has 6 nitrogen and oxygen atoms in total. The molecule has 0 aliphatic carbocycles. The number of rotatable bonds is 6. The summed E-state index contributed by atoms with van der Waals surface area (Å²) in [5.74, 6) is 1.48. The second-order valence-corrected chi connectivity index (χ2v) is 30.4. The molecule has 0 N–H and O–H groups in total. The van der Waals surface area contributed by atoms with Gasteiger partial charge in [-0.2, -0.15) is 0 Å². The van der Waals surface area contributed by atoms with E-state index in [9.17, 15) is 0 Å². The van der Waals surface area contributed by atoms with Crippen molar-refractivity contribution >= 4 is 202 Å². The molecule has 102 heavy (non-hydrogen) atoms. The summed E-state index contributed by atoms with van der Waals surface area (Å²) < 4.78 is 14.9. The highest BCUT2D eigenvalue weighted by Crippen LogP contribution is 2.51. The van der Waals surface area contributed by atoms with Gasteiger partial charge >= 0.3 is 0 Å². The van der Waals surface area contributed by atoms with Crippen LogP contribution in [0.4, 0.5) is 0 Å². The molecule has 8 heterocycles. The highest BCUT2D eigenvalue weighted by atomic mass is 32.1. The van der Waals surface area contributed by atoms with Crippen LogP contribution in [-0.4, -0.2) is 29.1 Å². The molecule has 0 spiro atoms. The minimum atomic E-state index is 0.742. The van der Waals surface area contributed by atoms with E-state index in [0.717, 1.165) is 77.1 Å². The van der Waals surface area contributed by atoms with Gasteiger partial charge in [-0.25, -0.2) is 19.9 Å². The summed E-state index contributed by atoms with van der Waals surface area (Å²) in [5.41, 5.74) is 15.2. The number of nitrogens with zero attached hydrogens (tertiary/aromatic N) is 6. The molecule has 8 aromatic heterocycles. The molecule has 0 amide bonds. The van der Waals surface area contributed by atoms with Crippen molar-refractivity contribution in [2.24, 2.45) is 0 Å². The van der Waals surface area contributed by atoms with E-state index in [-0.39, 0.29) is 0 Å². The Kier molecular flexibility index (Phi) is 12.8. The van der Waals surface area contributed by atoms with Gasteiger partial charge in [0, 0.05) is 137 Å². The van der Waals surface area contributed by atoms with Gasteiger partial charge in [-0.15, -0.1) is 45.3 Å². The van der Waals surface area contributed by atoms with E-state index in [1.165, 1.54) is 136 Å². The lowest BCUT2D eigenvalue weighted by Crippen LogP contribution is -1.97. The molecule has 0 unspecified atom stereocenters. The van der Waals surface area contributed by atoms with Gasteiger partial charge in [0.25, 0.3) is 0 Å². The Balaban J connectivity index is 0.000000129. The molecule has 0 aliphatic heterocycles. The van der Waals surface area contributed by atoms with Crippen molar-refractivity contribution in [3.63, 3.8) is 0 Å². The molecule has 0 saturated carbocycles. The van der Waals surface area contributed by atoms with Crippen LogP contribution in [0.3, 0.4) is 0 Å². The van der Waals surface area contributed by atoms with Gasteiger partial charge in [-0.3, -0.25) is 0 Å². The zero-order valence-corrected chi connectivity index (χ0v) is 57.6. The Bertz CT molecular complexity index is 7460. The first-order valence-corrected chi connectivity index (χ1v) is 37.5. The standard InChI is InChI=1S/C48H27N3S2.C44H25N3S2/c1-2-12-30-27-31(22-21-28(30)11-1)48-49-43(47-44(50-48)37-17-7-10-20-40(37)53-47)29-23-25-32(26-24-29)51-38-18-8-5-15-35(38)41-42-36-16-6-9-19-39(36)52-46(42)34-14-4-3-13-33(34)45(41)51;1-2-13-26(14-3-1)44-45-39(43-40(46-44)33-21-8-11-24-36(33)49-43)27-15-12-16-28(25-27)47-34-22-9-6-19-31(34)37-38-32-20-7-10-23-35(32)48-42(38)30-18-5-4-17-29(30)41(37)47/h1-27H;1-25H. The summed E-state index contributed by atoms with van der Waals surface area (Å²) in [5, 5.41) is 20.3. The van der Waals surface area contributed by atoms with Crippen molar-refractivity contribution in [3.8, 4) is 56.7 Å². The fourth-order valence-corrected chi connectivity index (χ4v) is 20.9. The number of para-hydroxylation sites is 2. The largest absolute Gasteiger partial charge is 0.309 e. The molecule has 0 atom stereocenters. The molecule has 10 heteroatoms. The maximum atomic E-state index is 5.33. The van der Waals surface area contributed by atoms with Crippen molar-refractivity contribution in [2.75, 3.05) is 0 Å². The Hall–Kier alpha value is -12.3. The van der Waals surface area contributed by atoms with E-state index >= 15 is 0 Å². The lowest BCUT2D eigenvalue weighted by atomic mass is 10.00. The van der Waals surface area contributed by atoms with E-state index in [0.29, 0.717) is 0 Å². The van der Waals surface area contributed by atoms with Crippen LogP contribution in [0.1, 0.15) is 0 Å². The van der Waals surface area contributed by atoms with Crippen molar-refractivity contribution in [3.05, 3.63) is 315 Å². The van der Waals surface area contributed by atoms with Crippen LogP contribution in [0.15, 0.2) is 315 Å². The van der Waals surface area contributed by atoms with E-state index in [2.05, 4.69) is 319 Å². The number of hydrogen-bond acceptors (Lipinski definition) is 8. The molecule has 0 aliphatic rings. The molecular formula is C92H52N6S4. The SMILES string of the molecule is c1ccc(-c2nc(-c3cccc(-n4c5ccccc5c5c6c7ccccc7sc6c6ccccc6c54)c3)c3sc4ccccc4c3n2)cc1.c1ccc2cc(-c3nc(-c4ccc(-n5c6ccccc6c6c7c8ccccc8sc7c7ccccc7c65)cc4)c4sc5ccccc5c4n3)ccc2c1. The van der Waals surface area contributed by atoms with E-state index in [1.54, 1.807) is 22.7 Å². The van der Waals surface area contributed by atoms with Gasteiger partial charge in [-0.1, -0.05) is 249 Å². The number of thiophene rings is 4. The van der Waals surface area contributed by atoms with Crippen molar-refractivity contribution in [1.29, 1.82) is 0 Å². The number of benzene rings is 15. The monoisotopic (exact) mass is 1370 g/mol.